The largest absolute Gasteiger partial charge is 0.331 e. The van der Waals surface area contributed by atoms with Crippen molar-refractivity contribution in [1.82, 2.24) is 14.3 Å². The zero-order chi connectivity index (χ0) is 21.3. The summed E-state index contributed by atoms with van der Waals surface area (Å²) in [5.74, 6) is -0.348. The summed E-state index contributed by atoms with van der Waals surface area (Å²) in [6.07, 6.45) is 2.45. The Labute approximate surface area is 180 Å². The Balaban J connectivity index is 2.10. The van der Waals surface area contributed by atoms with Crippen LogP contribution in [0.25, 0.3) is 22.0 Å². The standard InChI is InChI=1S/C24H23N3O2S/c1-3-16-10-11-20-19(13-16)21(18-9-6-12-25-23(18)28)22(24(29)26-30)27(20)14-17-8-5-4-7-15(17)2/h4-13,30H,3,14H2,1-2H3,(H,25,28)(H,26,29). The Kier molecular flexibility index (Phi) is 5.50. The van der Waals surface area contributed by atoms with E-state index in [-0.39, 0.29) is 11.5 Å². The number of pyridine rings is 1. The summed E-state index contributed by atoms with van der Waals surface area (Å²) < 4.78 is 4.44. The van der Waals surface area contributed by atoms with E-state index in [1.165, 1.54) is 0 Å². The van der Waals surface area contributed by atoms with Crippen molar-refractivity contribution in [3.63, 3.8) is 0 Å². The molecule has 0 aliphatic rings. The number of fused-ring (bicyclic) bond motifs is 1. The number of carbonyl (C=O) groups is 1. The van der Waals surface area contributed by atoms with Crippen LogP contribution in [0.15, 0.2) is 65.6 Å². The first-order valence-corrected chi connectivity index (χ1v) is 10.3. The smallest absolute Gasteiger partial charge is 0.278 e. The van der Waals surface area contributed by atoms with Crippen molar-refractivity contribution < 1.29 is 4.79 Å². The maximum atomic E-state index is 13.0. The van der Waals surface area contributed by atoms with Crippen molar-refractivity contribution in [2.24, 2.45) is 0 Å². The van der Waals surface area contributed by atoms with Crippen molar-refractivity contribution >= 4 is 29.6 Å². The molecule has 0 spiro atoms. The van der Waals surface area contributed by atoms with E-state index in [9.17, 15) is 9.59 Å². The van der Waals surface area contributed by atoms with Gasteiger partial charge in [-0.15, -0.1) is 0 Å². The Morgan fingerprint density at radius 3 is 2.63 bits per heavy atom. The molecular formula is C24H23N3O2S. The average Bonchev–Trinajstić information content (AvgIpc) is 3.08. The minimum atomic E-state index is -0.348. The monoisotopic (exact) mass is 417 g/mol. The molecule has 0 unspecified atom stereocenters. The van der Waals surface area contributed by atoms with Crippen LogP contribution >= 0.6 is 12.8 Å². The maximum absolute atomic E-state index is 13.0. The summed E-state index contributed by atoms with van der Waals surface area (Å²) in [5.41, 5.74) is 5.57. The number of amides is 1. The van der Waals surface area contributed by atoms with Gasteiger partial charge in [0.25, 0.3) is 11.5 Å². The van der Waals surface area contributed by atoms with Gasteiger partial charge in [-0.2, -0.15) is 0 Å². The highest BCUT2D eigenvalue weighted by Crippen LogP contribution is 2.35. The van der Waals surface area contributed by atoms with Gasteiger partial charge in [0.05, 0.1) is 0 Å². The number of carbonyl (C=O) groups excluding carboxylic acids is 1. The van der Waals surface area contributed by atoms with Crippen molar-refractivity contribution in [3.8, 4) is 11.1 Å². The highest BCUT2D eigenvalue weighted by molar-refractivity contribution is 7.78. The lowest BCUT2D eigenvalue weighted by molar-refractivity contribution is 0.0977. The molecule has 0 saturated carbocycles. The lowest BCUT2D eigenvalue weighted by Gasteiger charge is -2.13. The number of hydrogen-bond acceptors (Lipinski definition) is 3. The number of nitrogens with zero attached hydrogens (tertiary/aromatic N) is 1. The molecule has 4 rings (SSSR count). The SMILES string of the molecule is CCc1ccc2c(c1)c(-c1ccc[nH]c1=O)c(C(=O)NS)n2Cc1ccccc1C. The van der Waals surface area contributed by atoms with Crippen LogP contribution in [0.4, 0.5) is 0 Å². The van der Waals surface area contributed by atoms with E-state index in [4.69, 9.17) is 0 Å². The fourth-order valence-electron chi connectivity index (χ4n) is 3.92. The fourth-order valence-corrected chi connectivity index (χ4v) is 4.03. The van der Waals surface area contributed by atoms with E-state index in [2.05, 4.69) is 60.6 Å². The molecule has 2 aromatic heterocycles. The van der Waals surface area contributed by atoms with Gasteiger partial charge in [-0.25, -0.2) is 0 Å². The number of aromatic amines is 1. The number of thiol groups is 1. The Bertz CT molecular complexity index is 1300. The number of hydrogen-bond donors (Lipinski definition) is 3. The van der Waals surface area contributed by atoms with E-state index in [0.717, 1.165) is 34.0 Å². The predicted octanol–water partition coefficient (Wildman–Crippen LogP) is 4.49. The van der Waals surface area contributed by atoms with E-state index in [1.54, 1.807) is 18.3 Å². The molecule has 30 heavy (non-hydrogen) atoms. The summed E-state index contributed by atoms with van der Waals surface area (Å²) in [6.45, 7) is 4.65. The molecule has 1 amide bonds. The van der Waals surface area contributed by atoms with E-state index in [1.807, 2.05) is 22.8 Å². The Morgan fingerprint density at radius 1 is 1.13 bits per heavy atom. The van der Waals surface area contributed by atoms with Crippen LogP contribution in [-0.2, 0) is 13.0 Å². The first-order chi connectivity index (χ1) is 14.5. The van der Waals surface area contributed by atoms with E-state index >= 15 is 0 Å². The third-order valence-electron chi connectivity index (χ3n) is 5.53. The van der Waals surface area contributed by atoms with Crippen LogP contribution in [0.2, 0.25) is 0 Å². The van der Waals surface area contributed by atoms with Crippen molar-refractivity contribution in [1.29, 1.82) is 0 Å². The van der Waals surface area contributed by atoms with Crippen molar-refractivity contribution in [2.75, 3.05) is 0 Å². The number of rotatable bonds is 5. The van der Waals surface area contributed by atoms with Gasteiger partial charge < -0.3 is 9.55 Å². The predicted molar refractivity (Wildman–Crippen MR) is 124 cm³/mol. The molecular weight excluding hydrogens is 394 g/mol. The number of aromatic nitrogens is 2. The molecule has 152 valence electrons. The molecule has 2 heterocycles. The molecule has 2 aromatic carbocycles. The fraction of sp³-hybridized carbons (Fsp3) is 0.167. The lowest BCUT2D eigenvalue weighted by atomic mass is 10.0. The Hall–Kier alpha value is -3.25. The van der Waals surface area contributed by atoms with Gasteiger partial charge in [0.15, 0.2) is 0 Å². The van der Waals surface area contributed by atoms with Crippen LogP contribution in [-0.4, -0.2) is 15.5 Å². The van der Waals surface area contributed by atoms with Gasteiger partial charge in [0.1, 0.15) is 5.69 Å². The second-order valence-corrected chi connectivity index (χ2v) is 7.52. The van der Waals surface area contributed by atoms with Crippen LogP contribution < -0.4 is 10.3 Å². The molecule has 5 nitrogen and oxygen atoms in total. The highest BCUT2D eigenvalue weighted by atomic mass is 32.1. The van der Waals surface area contributed by atoms with Crippen molar-refractivity contribution in [3.05, 3.63) is 93.5 Å². The summed E-state index contributed by atoms with van der Waals surface area (Å²) in [4.78, 5) is 28.4. The maximum Gasteiger partial charge on any atom is 0.278 e. The first kappa shape index (κ1) is 20.0. The van der Waals surface area contributed by atoms with Gasteiger partial charge in [0, 0.05) is 34.8 Å². The van der Waals surface area contributed by atoms with Gasteiger partial charge in [-0.05, 0) is 54.3 Å². The molecule has 0 saturated heterocycles. The molecule has 6 heteroatoms. The third kappa shape index (κ3) is 3.44. The van der Waals surface area contributed by atoms with Crippen LogP contribution in [0.3, 0.4) is 0 Å². The normalized spacial score (nSPS) is 11.0. The topological polar surface area (TPSA) is 66.9 Å². The molecule has 0 aliphatic carbocycles. The highest BCUT2D eigenvalue weighted by Gasteiger charge is 2.25. The lowest BCUT2D eigenvalue weighted by Crippen LogP contribution is -2.20. The molecule has 0 radical (unpaired) electrons. The Morgan fingerprint density at radius 2 is 1.93 bits per heavy atom. The summed E-state index contributed by atoms with van der Waals surface area (Å²) in [6, 6.07) is 17.8. The number of aryl methyl sites for hydroxylation is 2. The number of nitrogens with one attached hydrogen (secondary N) is 2. The number of H-pyrrole nitrogens is 1. The summed E-state index contributed by atoms with van der Waals surface area (Å²) in [5, 5.41) is 0.881. The first-order valence-electron chi connectivity index (χ1n) is 9.87. The molecule has 0 fully saturated rings. The minimum Gasteiger partial charge on any atom is -0.331 e. The molecule has 0 bridgehead atoms. The van der Waals surface area contributed by atoms with Gasteiger partial charge >= 0.3 is 0 Å². The average molecular weight is 418 g/mol. The van der Waals surface area contributed by atoms with Crippen LogP contribution in [0.1, 0.15) is 34.1 Å². The third-order valence-corrected chi connectivity index (χ3v) is 5.73. The zero-order valence-electron chi connectivity index (χ0n) is 16.9. The molecule has 0 aliphatic heterocycles. The second kappa shape index (κ2) is 8.24. The van der Waals surface area contributed by atoms with Crippen LogP contribution in [0, 0.1) is 6.92 Å². The van der Waals surface area contributed by atoms with Gasteiger partial charge in [0.2, 0.25) is 0 Å². The minimum absolute atomic E-state index is 0.234. The van der Waals surface area contributed by atoms with Gasteiger partial charge in [-0.3, -0.25) is 14.3 Å². The quantitative estimate of drug-likeness (QED) is 0.419. The summed E-state index contributed by atoms with van der Waals surface area (Å²) >= 11 is 4.03. The van der Waals surface area contributed by atoms with Gasteiger partial charge in [-0.1, -0.05) is 50.1 Å². The van der Waals surface area contributed by atoms with E-state index in [0.29, 0.717) is 23.4 Å². The zero-order valence-corrected chi connectivity index (χ0v) is 17.8. The molecule has 4 aromatic rings. The number of benzene rings is 2. The van der Waals surface area contributed by atoms with Crippen molar-refractivity contribution in [2.45, 2.75) is 26.8 Å². The van der Waals surface area contributed by atoms with E-state index < -0.39 is 0 Å². The molecule has 2 N–H and O–H groups in total. The second-order valence-electron chi connectivity index (χ2n) is 7.30. The molecule has 0 atom stereocenters. The van der Waals surface area contributed by atoms with Crippen LogP contribution in [0.5, 0.6) is 0 Å². The summed E-state index contributed by atoms with van der Waals surface area (Å²) in [7, 11) is 0.